The Morgan fingerprint density at radius 2 is 1.20 bits per heavy atom. The fraction of sp³-hybridized carbons (Fsp3) is 0.0769. The van der Waals surface area contributed by atoms with Gasteiger partial charge in [0.05, 0.1) is 0 Å². The van der Waals surface area contributed by atoms with Crippen LogP contribution < -0.4 is 4.74 Å². The minimum Gasteiger partial charge on any atom is -0.457 e. The third kappa shape index (κ3) is 1.96. The fourth-order valence-corrected chi connectivity index (χ4v) is 1.82. The standard InChI is InChI=1S/C13H10O.Na.H/c1-3-7-12-10(5-1)9-11-6-2-4-8-13(11)14-12;;/h1-8H,9H2;;. The zero-order valence-corrected chi connectivity index (χ0v) is 7.73. The van der Waals surface area contributed by atoms with Gasteiger partial charge in [0, 0.05) is 6.42 Å². The number of benzene rings is 2. The molecule has 1 heterocycles. The van der Waals surface area contributed by atoms with E-state index < -0.39 is 0 Å². The number of ether oxygens (including phenoxy) is 1. The van der Waals surface area contributed by atoms with Crippen LogP contribution in [-0.4, -0.2) is 29.6 Å². The maximum Gasteiger partial charge on any atom is 0.130 e. The summed E-state index contributed by atoms with van der Waals surface area (Å²) in [4.78, 5) is 0. The average Bonchev–Trinajstić information content (AvgIpc) is 2.26. The monoisotopic (exact) mass is 206 g/mol. The molecular weight excluding hydrogens is 195 g/mol. The first-order valence-corrected chi connectivity index (χ1v) is 4.77. The maximum atomic E-state index is 5.78. The zero-order valence-electron chi connectivity index (χ0n) is 7.73. The smallest absolute Gasteiger partial charge is 0.130 e. The summed E-state index contributed by atoms with van der Waals surface area (Å²) in [7, 11) is 0. The number of hydrogen-bond acceptors (Lipinski definition) is 1. The van der Waals surface area contributed by atoms with Gasteiger partial charge in [0.1, 0.15) is 11.5 Å². The molecule has 15 heavy (non-hydrogen) atoms. The molecule has 2 aromatic rings. The third-order valence-corrected chi connectivity index (χ3v) is 2.55. The zero-order chi connectivity index (χ0) is 9.38. The normalized spacial score (nSPS) is 11.7. The van der Waals surface area contributed by atoms with Crippen molar-refractivity contribution in [1.29, 1.82) is 0 Å². The van der Waals surface area contributed by atoms with Gasteiger partial charge in [-0.05, 0) is 23.3 Å². The van der Waals surface area contributed by atoms with E-state index in [9.17, 15) is 0 Å². The first-order chi connectivity index (χ1) is 6.93. The molecule has 1 aliphatic rings. The first kappa shape index (κ1) is 10.7. The number of fused-ring (bicyclic) bond motifs is 2. The largest absolute Gasteiger partial charge is 0.457 e. The fourth-order valence-electron chi connectivity index (χ4n) is 1.82. The minimum absolute atomic E-state index is 0. The quantitative estimate of drug-likeness (QED) is 0.514. The molecule has 2 heteroatoms. The van der Waals surface area contributed by atoms with Gasteiger partial charge in [-0.1, -0.05) is 36.4 Å². The van der Waals surface area contributed by atoms with Crippen LogP contribution in [0.3, 0.4) is 0 Å². The van der Waals surface area contributed by atoms with Gasteiger partial charge in [-0.25, -0.2) is 0 Å². The van der Waals surface area contributed by atoms with Crippen molar-refractivity contribution in [2.45, 2.75) is 6.42 Å². The summed E-state index contributed by atoms with van der Waals surface area (Å²) in [6.45, 7) is 0. The molecule has 0 spiro atoms. The summed E-state index contributed by atoms with van der Waals surface area (Å²) >= 11 is 0. The second kappa shape index (κ2) is 4.40. The summed E-state index contributed by atoms with van der Waals surface area (Å²) in [6, 6.07) is 16.4. The van der Waals surface area contributed by atoms with E-state index in [4.69, 9.17) is 4.74 Å². The van der Waals surface area contributed by atoms with E-state index in [2.05, 4.69) is 24.3 Å². The summed E-state index contributed by atoms with van der Waals surface area (Å²) in [6.07, 6.45) is 0.979. The summed E-state index contributed by atoms with van der Waals surface area (Å²) < 4.78 is 5.78. The Morgan fingerprint density at radius 3 is 1.73 bits per heavy atom. The minimum atomic E-state index is 0. The predicted octanol–water partition coefficient (Wildman–Crippen LogP) is 2.73. The van der Waals surface area contributed by atoms with Crippen molar-refractivity contribution in [3.8, 4) is 11.5 Å². The Morgan fingerprint density at radius 1 is 0.733 bits per heavy atom. The van der Waals surface area contributed by atoms with Gasteiger partial charge in [0.2, 0.25) is 0 Å². The number of para-hydroxylation sites is 2. The van der Waals surface area contributed by atoms with Crippen LogP contribution in [0.15, 0.2) is 48.5 Å². The van der Waals surface area contributed by atoms with Crippen molar-refractivity contribution in [1.82, 2.24) is 0 Å². The molecule has 2 aromatic carbocycles. The Kier molecular flexibility index (Phi) is 3.15. The average molecular weight is 206 g/mol. The van der Waals surface area contributed by atoms with E-state index in [1.54, 1.807) is 0 Å². The van der Waals surface area contributed by atoms with Gasteiger partial charge >= 0.3 is 29.6 Å². The Labute approximate surface area is 111 Å². The molecule has 1 nitrogen and oxygen atoms in total. The molecule has 0 saturated carbocycles. The Balaban J connectivity index is 0.000000853. The van der Waals surface area contributed by atoms with Crippen LogP contribution in [0.4, 0.5) is 0 Å². The summed E-state index contributed by atoms with van der Waals surface area (Å²) in [5, 5.41) is 0. The number of rotatable bonds is 0. The molecule has 0 fully saturated rings. The summed E-state index contributed by atoms with van der Waals surface area (Å²) in [5.74, 6) is 1.98. The van der Waals surface area contributed by atoms with Crippen molar-refractivity contribution < 1.29 is 4.74 Å². The molecule has 0 aliphatic carbocycles. The second-order valence-corrected chi connectivity index (χ2v) is 3.49. The van der Waals surface area contributed by atoms with Gasteiger partial charge in [0.25, 0.3) is 0 Å². The second-order valence-electron chi connectivity index (χ2n) is 3.49. The van der Waals surface area contributed by atoms with Crippen molar-refractivity contribution >= 4 is 29.6 Å². The van der Waals surface area contributed by atoms with Crippen LogP contribution in [0.25, 0.3) is 0 Å². The summed E-state index contributed by atoms with van der Waals surface area (Å²) in [5.41, 5.74) is 2.54. The molecule has 0 bridgehead atoms. The van der Waals surface area contributed by atoms with Crippen molar-refractivity contribution in [3.05, 3.63) is 59.7 Å². The molecule has 0 atom stereocenters. The molecule has 0 N–H and O–H groups in total. The van der Waals surface area contributed by atoms with Crippen molar-refractivity contribution in [2.24, 2.45) is 0 Å². The SMILES string of the molecule is [NaH].c1ccc2c(c1)Cc1ccccc1O2. The van der Waals surface area contributed by atoms with Gasteiger partial charge < -0.3 is 4.74 Å². The topological polar surface area (TPSA) is 9.23 Å². The van der Waals surface area contributed by atoms with Gasteiger partial charge in [-0.2, -0.15) is 0 Å². The van der Waals surface area contributed by atoms with E-state index in [-0.39, 0.29) is 29.6 Å². The molecule has 70 valence electrons. The van der Waals surface area contributed by atoms with Gasteiger partial charge in [-0.15, -0.1) is 0 Å². The van der Waals surface area contributed by atoms with Crippen LogP contribution in [0.2, 0.25) is 0 Å². The van der Waals surface area contributed by atoms with E-state index >= 15 is 0 Å². The van der Waals surface area contributed by atoms with Gasteiger partial charge in [-0.3, -0.25) is 0 Å². The van der Waals surface area contributed by atoms with E-state index in [0.29, 0.717) is 0 Å². The van der Waals surface area contributed by atoms with Crippen LogP contribution in [0.1, 0.15) is 11.1 Å². The number of hydrogen-bond donors (Lipinski definition) is 0. The van der Waals surface area contributed by atoms with Crippen LogP contribution >= 0.6 is 0 Å². The van der Waals surface area contributed by atoms with Crippen LogP contribution in [0, 0.1) is 0 Å². The maximum absolute atomic E-state index is 5.78. The molecule has 0 saturated heterocycles. The van der Waals surface area contributed by atoms with Crippen molar-refractivity contribution in [3.63, 3.8) is 0 Å². The van der Waals surface area contributed by atoms with Crippen LogP contribution in [-0.2, 0) is 6.42 Å². The predicted molar refractivity (Wildman–Crippen MR) is 62.9 cm³/mol. The Bertz CT molecular complexity index is 392. The van der Waals surface area contributed by atoms with Gasteiger partial charge in [0.15, 0.2) is 0 Å². The molecule has 0 aromatic heterocycles. The molecule has 0 unspecified atom stereocenters. The molecular formula is C13H11NaO. The van der Waals surface area contributed by atoms with Crippen LogP contribution in [0.5, 0.6) is 11.5 Å². The van der Waals surface area contributed by atoms with E-state index in [1.165, 1.54) is 11.1 Å². The molecule has 3 rings (SSSR count). The molecule has 0 amide bonds. The first-order valence-electron chi connectivity index (χ1n) is 4.77. The van der Waals surface area contributed by atoms with E-state index in [1.807, 2.05) is 24.3 Å². The molecule has 0 radical (unpaired) electrons. The molecule has 1 aliphatic heterocycles. The Hall–Kier alpha value is -0.760. The third-order valence-electron chi connectivity index (χ3n) is 2.55. The van der Waals surface area contributed by atoms with E-state index in [0.717, 1.165) is 17.9 Å². The van der Waals surface area contributed by atoms with Crippen molar-refractivity contribution in [2.75, 3.05) is 0 Å².